The molecule has 0 aromatic heterocycles. The molecule has 0 aliphatic rings. The van der Waals surface area contributed by atoms with Gasteiger partial charge in [-0.25, -0.2) is 0 Å². The Labute approximate surface area is 64.8 Å². The van der Waals surface area contributed by atoms with E-state index in [1.165, 1.54) is 8.83 Å². The van der Waals surface area contributed by atoms with Crippen LogP contribution in [-0.4, -0.2) is 24.7 Å². The van der Waals surface area contributed by atoms with Crippen molar-refractivity contribution in [2.24, 2.45) is 0 Å². The van der Waals surface area contributed by atoms with Gasteiger partial charge in [-0.15, -0.1) is 0 Å². The van der Waals surface area contributed by atoms with E-state index in [2.05, 4.69) is 31.2 Å². The SMILES string of the molecule is Cc1cccc[c]1[BiH2]. The van der Waals surface area contributed by atoms with Gasteiger partial charge in [0.2, 0.25) is 0 Å². The molecule has 1 aromatic carbocycles. The second-order valence-corrected chi connectivity index (χ2v) is 4.27. The summed E-state index contributed by atoms with van der Waals surface area (Å²) in [6.45, 7) is 2.16. The Morgan fingerprint density at radius 1 is 1.25 bits per heavy atom. The topological polar surface area (TPSA) is 0 Å². The Balaban J connectivity index is 3.13. The third-order valence-corrected chi connectivity index (χ3v) is 3.71. The fraction of sp³-hybridized carbons (Fsp3) is 0.143. The molecule has 0 saturated heterocycles. The third kappa shape index (κ3) is 1.29. The summed E-state index contributed by atoms with van der Waals surface area (Å²) in [6.07, 6.45) is 0. The molecule has 0 amide bonds. The van der Waals surface area contributed by atoms with Crippen LogP contribution in [-0.2, 0) is 0 Å². The summed E-state index contributed by atoms with van der Waals surface area (Å²) < 4.78 is 1.53. The standard InChI is InChI=1S/C7H7.Bi.2H/c1-7-5-3-2-4-6-7;;;/h2-5H,1H3;;;. The number of aryl methyl sites for hydroxylation is 1. The quantitative estimate of drug-likeness (QED) is 0.603. The average molecular weight is 302 g/mol. The van der Waals surface area contributed by atoms with Crippen LogP contribution in [0.1, 0.15) is 5.56 Å². The van der Waals surface area contributed by atoms with E-state index in [0.717, 1.165) is 24.7 Å². The molecular formula is C7H9Bi. The summed E-state index contributed by atoms with van der Waals surface area (Å²) in [5.74, 6) is 0. The van der Waals surface area contributed by atoms with Crippen LogP contribution in [0.5, 0.6) is 0 Å². The van der Waals surface area contributed by atoms with Crippen LogP contribution in [0.4, 0.5) is 0 Å². The molecule has 1 aromatic rings. The first kappa shape index (κ1) is 6.23. The van der Waals surface area contributed by atoms with Crippen molar-refractivity contribution in [2.75, 3.05) is 0 Å². The summed E-state index contributed by atoms with van der Waals surface area (Å²) in [5, 5.41) is 0. The van der Waals surface area contributed by atoms with Crippen LogP contribution < -0.4 is 3.27 Å². The van der Waals surface area contributed by atoms with E-state index in [1.807, 2.05) is 0 Å². The van der Waals surface area contributed by atoms with E-state index in [-0.39, 0.29) is 0 Å². The van der Waals surface area contributed by atoms with Gasteiger partial charge in [0.1, 0.15) is 0 Å². The minimum absolute atomic E-state index is 0.987. The average Bonchev–Trinajstić information content (AvgIpc) is 1.77. The normalized spacial score (nSPS) is 9.25. The van der Waals surface area contributed by atoms with Gasteiger partial charge in [0, 0.05) is 0 Å². The first-order chi connectivity index (χ1) is 3.80. The summed E-state index contributed by atoms with van der Waals surface area (Å²) in [5.41, 5.74) is 1.44. The minimum atomic E-state index is 0.987. The van der Waals surface area contributed by atoms with Crippen LogP contribution in [0.2, 0.25) is 0 Å². The molecule has 0 saturated carbocycles. The maximum absolute atomic E-state index is 2.19. The molecular weight excluding hydrogens is 293 g/mol. The number of hydrogen-bond donors (Lipinski definition) is 0. The van der Waals surface area contributed by atoms with E-state index in [0.29, 0.717) is 0 Å². The van der Waals surface area contributed by atoms with Gasteiger partial charge < -0.3 is 0 Å². The molecule has 1 heteroatoms. The van der Waals surface area contributed by atoms with Gasteiger partial charge in [0.05, 0.1) is 0 Å². The van der Waals surface area contributed by atoms with E-state index >= 15 is 0 Å². The molecule has 0 nitrogen and oxygen atoms in total. The zero-order valence-corrected chi connectivity index (χ0v) is 9.38. The van der Waals surface area contributed by atoms with Crippen LogP contribution in [0.3, 0.4) is 0 Å². The van der Waals surface area contributed by atoms with Crippen LogP contribution in [0.15, 0.2) is 24.3 Å². The van der Waals surface area contributed by atoms with Crippen molar-refractivity contribution >= 4 is 28.0 Å². The molecule has 0 unspecified atom stereocenters. The zero-order chi connectivity index (χ0) is 5.98. The second kappa shape index (κ2) is 2.59. The predicted octanol–water partition coefficient (Wildman–Crippen LogP) is 0.253. The Hall–Kier alpha value is 0.103. The van der Waals surface area contributed by atoms with E-state index in [9.17, 15) is 0 Å². The molecule has 0 spiro atoms. The van der Waals surface area contributed by atoms with Crippen molar-refractivity contribution in [3.8, 4) is 0 Å². The molecule has 42 valence electrons. The van der Waals surface area contributed by atoms with Crippen molar-refractivity contribution < 1.29 is 0 Å². The van der Waals surface area contributed by atoms with Gasteiger partial charge in [0.25, 0.3) is 0 Å². The summed E-state index contributed by atoms with van der Waals surface area (Å²) >= 11 is 0.987. The summed E-state index contributed by atoms with van der Waals surface area (Å²) in [6, 6.07) is 8.54. The van der Waals surface area contributed by atoms with Gasteiger partial charge in [-0.2, -0.15) is 0 Å². The number of hydrogen-bond acceptors (Lipinski definition) is 0. The van der Waals surface area contributed by atoms with Gasteiger partial charge in [-0.05, 0) is 0 Å². The van der Waals surface area contributed by atoms with Crippen molar-refractivity contribution in [1.29, 1.82) is 0 Å². The van der Waals surface area contributed by atoms with Crippen LogP contribution >= 0.6 is 0 Å². The number of rotatable bonds is 0. The van der Waals surface area contributed by atoms with E-state index in [4.69, 9.17) is 0 Å². The second-order valence-electron chi connectivity index (χ2n) is 1.86. The molecule has 0 radical (unpaired) electrons. The Morgan fingerprint density at radius 2 is 1.88 bits per heavy atom. The number of benzene rings is 1. The Bertz CT molecular complexity index is 160. The van der Waals surface area contributed by atoms with Gasteiger partial charge in [0.15, 0.2) is 0 Å². The summed E-state index contributed by atoms with van der Waals surface area (Å²) in [4.78, 5) is 0. The Kier molecular flexibility index (Phi) is 2.02. The molecule has 1 rings (SSSR count). The van der Waals surface area contributed by atoms with Crippen molar-refractivity contribution in [1.82, 2.24) is 0 Å². The maximum atomic E-state index is 2.19. The van der Waals surface area contributed by atoms with Gasteiger partial charge in [-0.3, -0.25) is 0 Å². The molecule has 0 atom stereocenters. The summed E-state index contributed by atoms with van der Waals surface area (Å²) in [7, 11) is 0. The van der Waals surface area contributed by atoms with Crippen molar-refractivity contribution in [3.63, 3.8) is 0 Å². The third-order valence-electron chi connectivity index (χ3n) is 1.19. The van der Waals surface area contributed by atoms with E-state index in [1.54, 1.807) is 0 Å². The molecule has 0 fully saturated rings. The molecule has 0 N–H and O–H groups in total. The fourth-order valence-corrected chi connectivity index (χ4v) is 1.39. The molecule has 8 heavy (non-hydrogen) atoms. The van der Waals surface area contributed by atoms with Gasteiger partial charge >= 0.3 is 64.7 Å². The van der Waals surface area contributed by atoms with Crippen LogP contribution in [0, 0.1) is 6.92 Å². The zero-order valence-electron chi connectivity index (χ0n) is 4.89. The first-order valence-corrected chi connectivity index (χ1v) is 4.86. The van der Waals surface area contributed by atoms with Crippen LogP contribution in [0.25, 0.3) is 0 Å². The van der Waals surface area contributed by atoms with Crippen molar-refractivity contribution in [2.45, 2.75) is 6.92 Å². The fourth-order valence-electron chi connectivity index (χ4n) is 0.587. The molecule has 0 aliphatic heterocycles. The monoisotopic (exact) mass is 302 g/mol. The molecule has 0 heterocycles. The van der Waals surface area contributed by atoms with Crippen molar-refractivity contribution in [3.05, 3.63) is 29.8 Å². The molecule has 0 bridgehead atoms. The Morgan fingerprint density at radius 3 is 2.25 bits per heavy atom. The first-order valence-electron chi connectivity index (χ1n) is 2.62. The molecule has 0 aliphatic carbocycles. The predicted molar refractivity (Wildman–Crippen MR) is 39.4 cm³/mol. The van der Waals surface area contributed by atoms with Gasteiger partial charge in [-0.1, -0.05) is 0 Å². The van der Waals surface area contributed by atoms with E-state index < -0.39 is 0 Å².